The molecule has 3 nitrogen and oxygen atoms in total. The van der Waals surface area contributed by atoms with Gasteiger partial charge in [0.1, 0.15) is 0 Å². The van der Waals surface area contributed by atoms with Crippen LogP contribution < -0.4 is 0 Å². The van der Waals surface area contributed by atoms with E-state index in [4.69, 9.17) is 14.5 Å². The first-order chi connectivity index (χ1) is 14.3. The van der Waals surface area contributed by atoms with Crippen molar-refractivity contribution in [2.45, 2.75) is 45.8 Å². The highest BCUT2D eigenvalue weighted by atomic mass is 16.5. The Morgan fingerprint density at radius 1 is 0.759 bits per heavy atom. The molecule has 2 bridgehead atoms. The average Bonchev–Trinajstić information content (AvgIpc) is 2.74. The number of hydrogen-bond acceptors (Lipinski definition) is 3. The Labute approximate surface area is 173 Å². The maximum atomic E-state index is 5.96. The maximum absolute atomic E-state index is 5.96. The SMILES string of the molecule is Cc1ccc(-c2cc3cc(n2)CCCOCc2ccccc2COCCC3)cc1. The molecule has 2 aromatic carbocycles. The number of hydrogen-bond donors (Lipinski definition) is 0. The summed E-state index contributed by atoms with van der Waals surface area (Å²) in [7, 11) is 0. The average molecular weight is 388 g/mol. The summed E-state index contributed by atoms with van der Waals surface area (Å²) < 4.78 is 11.9. The van der Waals surface area contributed by atoms with Crippen LogP contribution >= 0.6 is 0 Å². The van der Waals surface area contributed by atoms with Crippen molar-refractivity contribution in [2.75, 3.05) is 13.2 Å². The van der Waals surface area contributed by atoms with E-state index in [2.05, 4.69) is 67.6 Å². The minimum Gasteiger partial charge on any atom is -0.377 e. The van der Waals surface area contributed by atoms with Gasteiger partial charge in [0, 0.05) is 24.5 Å². The predicted octanol–water partition coefficient (Wildman–Crippen LogP) is 5.67. The molecule has 0 N–H and O–H groups in total. The van der Waals surface area contributed by atoms with Crippen molar-refractivity contribution >= 4 is 0 Å². The molecule has 1 aliphatic rings. The van der Waals surface area contributed by atoms with Crippen molar-refractivity contribution in [2.24, 2.45) is 0 Å². The van der Waals surface area contributed by atoms with Gasteiger partial charge in [-0.1, -0.05) is 54.1 Å². The Hall–Kier alpha value is -2.49. The van der Waals surface area contributed by atoms with E-state index in [1.54, 1.807) is 0 Å². The smallest absolute Gasteiger partial charge is 0.0720 e. The molecule has 0 amide bonds. The molecule has 29 heavy (non-hydrogen) atoms. The molecule has 1 aliphatic heterocycles. The number of pyridine rings is 1. The molecule has 2 heterocycles. The Kier molecular flexibility index (Phi) is 6.71. The van der Waals surface area contributed by atoms with E-state index in [-0.39, 0.29) is 0 Å². The lowest BCUT2D eigenvalue weighted by Gasteiger charge is -2.10. The lowest BCUT2D eigenvalue weighted by atomic mass is 10.0. The first-order valence-electron chi connectivity index (χ1n) is 10.6. The van der Waals surface area contributed by atoms with Crippen LogP contribution in [0.2, 0.25) is 0 Å². The third-order valence-electron chi connectivity index (χ3n) is 5.39. The first-order valence-corrected chi connectivity index (χ1v) is 10.6. The van der Waals surface area contributed by atoms with E-state index in [0.717, 1.165) is 50.3 Å². The number of aromatic nitrogens is 1. The van der Waals surface area contributed by atoms with Crippen LogP contribution in [0.25, 0.3) is 11.3 Å². The number of nitrogens with zero attached hydrogens (tertiary/aromatic N) is 1. The van der Waals surface area contributed by atoms with Crippen molar-refractivity contribution in [3.05, 3.63) is 88.6 Å². The lowest BCUT2D eigenvalue weighted by Crippen LogP contribution is -2.03. The topological polar surface area (TPSA) is 31.4 Å². The van der Waals surface area contributed by atoms with Gasteiger partial charge in [-0.2, -0.15) is 0 Å². The zero-order chi connectivity index (χ0) is 19.9. The summed E-state index contributed by atoms with van der Waals surface area (Å²) in [5.74, 6) is 0. The van der Waals surface area contributed by atoms with E-state index >= 15 is 0 Å². The second kappa shape index (κ2) is 9.82. The van der Waals surface area contributed by atoms with Crippen LogP contribution in [0.1, 0.15) is 40.8 Å². The molecule has 0 atom stereocenters. The first kappa shape index (κ1) is 19.8. The van der Waals surface area contributed by atoms with Crippen molar-refractivity contribution in [1.82, 2.24) is 4.98 Å². The van der Waals surface area contributed by atoms with Gasteiger partial charge >= 0.3 is 0 Å². The van der Waals surface area contributed by atoms with Crippen molar-refractivity contribution in [3.8, 4) is 11.3 Å². The molecule has 0 aliphatic carbocycles. The van der Waals surface area contributed by atoms with Crippen LogP contribution in [0.15, 0.2) is 60.7 Å². The number of rotatable bonds is 1. The fourth-order valence-electron chi connectivity index (χ4n) is 3.73. The van der Waals surface area contributed by atoms with Gasteiger partial charge in [-0.25, -0.2) is 0 Å². The fourth-order valence-corrected chi connectivity index (χ4v) is 3.73. The summed E-state index contributed by atoms with van der Waals surface area (Å²) in [6.07, 6.45) is 3.93. The van der Waals surface area contributed by atoms with Gasteiger partial charge in [0.15, 0.2) is 0 Å². The third-order valence-corrected chi connectivity index (χ3v) is 5.39. The summed E-state index contributed by atoms with van der Waals surface area (Å²) >= 11 is 0. The molecule has 4 rings (SSSR count). The lowest BCUT2D eigenvalue weighted by molar-refractivity contribution is 0.105. The molecule has 150 valence electrons. The van der Waals surface area contributed by atoms with E-state index in [0.29, 0.717) is 13.2 Å². The minimum absolute atomic E-state index is 0.640. The molecule has 1 aromatic heterocycles. The van der Waals surface area contributed by atoms with Gasteiger partial charge in [-0.3, -0.25) is 4.98 Å². The highest BCUT2D eigenvalue weighted by Crippen LogP contribution is 2.22. The Balaban J connectivity index is 1.52. The van der Waals surface area contributed by atoms with Gasteiger partial charge < -0.3 is 9.47 Å². The monoisotopic (exact) mass is 387 g/mol. The number of benzene rings is 2. The molecule has 0 spiro atoms. The molecular weight excluding hydrogens is 358 g/mol. The standard InChI is InChI=1S/C26H29NO2/c1-20-10-12-22(13-11-20)26-17-21-6-4-14-28-18-23-7-2-3-8-24(23)19-29-15-5-9-25(16-21)27-26/h2-3,7-8,10-13,16-17H,4-6,9,14-15,18-19H2,1H3. The van der Waals surface area contributed by atoms with E-state index in [9.17, 15) is 0 Å². The Morgan fingerprint density at radius 3 is 2.10 bits per heavy atom. The molecule has 3 heteroatoms. The summed E-state index contributed by atoms with van der Waals surface area (Å²) in [6.45, 7) is 4.90. The Morgan fingerprint density at radius 2 is 1.41 bits per heavy atom. The summed E-state index contributed by atoms with van der Waals surface area (Å²) in [5.41, 5.74) is 8.46. The van der Waals surface area contributed by atoms with Crippen LogP contribution in [-0.2, 0) is 35.5 Å². The number of aryl methyl sites for hydroxylation is 3. The van der Waals surface area contributed by atoms with Crippen LogP contribution in [0, 0.1) is 6.92 Å². The van der Waals surface area contributed by atoms with Crippen molar-refractivity contribution in [1.29, 1.82) is 0 Å². The largest absolute Gasteiger partial charge is 0.377 e. The van der Waals surface area contributed by atoms with Gasteiger partial charge in [0.2, 0.25) is 0 Å². The highest BCUT2D eigenvalue weighted by Gasteiger charge is 2.08. The van der Waals surface area contributed by atoms with Crippen molar-refractivity contribution < 1.29 is 9.47 Å². The summed E-state index contributed by atoms with van der Waals surface area (Å²) in [5, 5.41) is 0. The Bertz CT molecular complexity index is 882. The van der Waals surface area contributed by atoms with Gasteiger partial charge in [-0.05, 0) is 61.4 Å². The maximum Gasteiger partial charge on any atom is 0.0720 e. The van der Waals surface area contributed by atoms with Crippen LogP contribution in [0.5, 0.6) is 0 Å². The highest BCUT2D eigenvalue weighted by molar-refractivity contribution is 5.60. The van der Waals surface area contributed by atoms with Gasteiger partial charge in [0.05, 0.1) is 18.9 Å². The molecule has 0 radical (unpaired) electrons. The molecular formula is C26H29NO2. The second-order valence-electron chi connectivity index (χ2n) is 7.80. The quantitative estimate of drug-likeness (QED) is 0.539. The van der Waals surface area contributed by atoms with Crippen LogP contribution in [-0.4, -0.2) is 18.2 Å². The summed E-state index contributed by atoms with van der Waals surface area (Å²) in [6, 6.07) is 21.5. The fraction of sp³-hybridized carbons (Fsp3) is 0.346. The van der Waals surface area contributed by atoms with Crippen LogP contribution in [0.3, 0.4) is 0 Å². The van der Waals surface area contributed by atoms with Gasteiger partial charge in [-0.15, -0.1) is 0 Å². The zero-order valence-electron chi connectivity index (χ0n) is 17.2. The van der Waals surface area contributed by atoms with E-state index < -0.39 is 0 Å². The summed E-state index contributed by atoms with van der Waals surface area (Å²) in [4.78, 5) is 4.94. The third kappa shape index (κ3) is 5.53. The minimum atomic E-state index is 0.640. The molecule has 0 fully saturated rings. The molecule has 0 saturated heterocycles. The van der Waals surface area contributed by atoms with Crippen LogP contribution in [0.4, 0.5) is 0 Å². The molecule has 0 saturated carbocycles. The molecule has 0 unspecified atom stereocenters. The normalized spacial score (nSPS) is 15.8. The van der Waals surface area contributed by atoms with Crippen molar-refractivity contribution in [3.63, 3.8) is 0 Å². The number of fused-ring (bicyclic) bond motifs is 3. The number of ether oxygens (including phenoxy) is 2. The predicted molar refractivity (Wildman–Crippen MR) is 117 cm³/mol. The second-order valence-corrected chi connectivity index (χ2v) is 7.80. The van der Waals surface area contributed by atoms with E-state index in [1.807, 2.05) is 0 Å². The van der Waals surface area contributed by atoms with E-state index in [1.165, 1.54) is 27.8 Å². The van der Waals surface area contributed by atoms with Gasteiger partial charge in [0.25, 0.3) is 0 Å². The molecule has 3 aromatic rings. The zero-order valence-corrected chi connectivity index (χ0v) is 17.2.